The summed E-state index contributed by atoms with van der Waals surface area (Å²) in [6, 6.07) is 0. The van der Waals surface area contributed by atoms with E-state index in [1.54, 1.807) is 0 Å². The number of H-pyrrole nitrogens is 1. The third-order valence-corrected chi connectivity index (χ3v) is 1.16. The molecule has 0 bridgehead atoms. The second-order valence-corrected chi connectivity index (χ2v) is 2.10. The highest BCUT2D eigenvalue weighted by Crippen LogP contribution is 2.05. The number of hydrogen-bond acceptors (Lipinski definition) is 5. The van der Waals surface area contributed by atoms with Crippen LogP contribution in [0.5, 0.6) is 0 Å². The average molecular weight is 186 g/mol. The molecule has 0 aliphatic rings. The monoisotopic (exact) mass is 186 g/mol. The molecular formula is C5H6N4O4. The summed E-state index contributed by atoms with van der Waals surface area (Å²) in [5.41, 5.74) is 4.99. The minimum atomic E-state index is -0.947. The standard InChI is InChI=1S/C5H6N4O4/c6-4(10)13-2-3-1-7-5(8-3)9(11)12/h1H,2H2,(H2,6,10)(H,7,8). The van der Waals surface area contributed by atoms with Crippen LogP contribution in [0.25, 0.3) is 0 Å². The lowest BCUT2D eigenvalue weighted by Crippen LogP contribution is -2.12. The molecule has 0 fully saturated rings. The molecule has 0 saturated heterocycles. The van der Waals surface area contributed by atoms with Gasteiger partial charge < -0.3 is 20.6 Å². The highest BCUT2D eigenvalue weighted by Gasteiger charge is 2.11. The van der Waals surface area contributed by atoms with Gasteiger partial charge in [-0.25, -0.2) is 9.78 Å². The van der Waals surface area contributed by atoms with Gasteiger partial charge in [0.2, 0.25) is 0 Å². The Morgan fingerprint density at radius 3 is 3.00 bits per heavy atom. The molecule has 8 nitrogen and oxygen atoms in total. The van der Waals surface area contributed by atoms with Gasteiger partial charge in [-0.2, -0.15) is 0 Å². The number of imidazole rings is 1. The number of carbonyl (C=O) groups excluding carboxylic acids is 1. The van der Waals surface area contributed by atoms with Crippen LogP contribution in [0.2, 0.25) is 0 Å². The van der Waals surface area contributed by atoms with Gasteiger partial charge in [0.25, 0.3) is 0 Å². The molecule has 0 aliphatic heterocycles. The molecule has 1 rings (SSSR count). The van der Waals surface area contributed by atoms with Crippen LogP contribution in [0.3, 0.4) is 0 Å². The van der Waals surface area contributed by atoms with E-state index in [1.807, 2.05) is 0 Å². The van der Waals surface area contributed by atoms with Crippen molar-refractivity contribution in [2.24, 2.45) is 5.73 Å². The first-order chi connectivity index (χ1) is 6.09. The minimum Gasteiger partial charge on any atom is -0.442 e. The number of amides is 1. The number of ether oxygens (including phenoxy) is 1. The lowest BCUT2D eigenvalue weighted by atomic mass is 10.5. The Hall–Kier alpha value is -2.12. The maximum absolute atomic E-state index is 10.1. The molecule has 1 aromatic heterocycles. The third-order valence-electron chi connectivity index (χ3n) is 1.16. The molecule has 70 valence electrons. The molecule has 0 atom stereocenters. The number of aromatic amines is 1. The normalized spacial score (nSPS) is 9.54. The second kappa shape index (κ2) is 3.52. The fourth-order valence-corrected chi connectivity index (χ4v) is 0.662. The van der Waals surface area contributed by atoms with Gasteiger partial charge >= 0.3 is 12.0 Å². The van der Waals surface area contributed by atoms with Crippen molar-refractivity contribution in [3.8, 4) is 0 Å². The van der Waals surface area contributed by atoms with E-state index in [2.05, 4.69) is 20.4 Å². The number of carbonyl (C=O) groups is 1. The highest BCUT2D eigenvalue weighted by molar-refractivity contribution is 5.64. The molecule has 0 radical (unpaired) electrons. The van der Waals surface area contributed by atoms with E-state index in [4.69, 9.17) is 0 Å². The predicted molar refractivity (Wildman–Crippen MR) is 39.6 cm³/mol. The van der Waals surface area contributed by atoms with Crippen LogP contribution in [0.1, 0.15) is 5.69 Å². The molecule has 0 saturated carbocycles. The van der Waals surface area contributed by atoms with Crippen LogP contribution >= 0.6 is 0 Å². The summed E-state index contributed by atoms with van der Waals surface area (Å²) >= 11 is 0. The summed E-state index contributed by atoms with van der Waals surface area (Å²) in [6.07, 6.45) is 0.249. The van der Waals surface area contributed by atoms with Gasteiger partial charge in [-0.15, -0.1) is 0 Å². The number of hydrogen-bond donors (Lipinski definition) is 2. The van der Waals surface area contributed by atoms with Crippen LogP contribution < -0.4 is 5.73 Å². The van der Waals surface area contributed by atoms with Crippen molar-refractivity contribution >= 4 is 12.0 Å². The molecule has 1 heterocycles. The van der Waals surface area contributed by atoms with Crippen LogP contribution in [0.15, 0.2) is 6.20 Å². The predicted octanol–water partition coefficient (Wildman–Crippen LogP) is -0.0868. The van der Waals surface area contributed by atoms with E-state index >= 15 is 0 Å². The molecule has 1 amide bonds. The zero-order valence-corrected chi connectivity index (χ0v) is 6.39. The summed E-state index contributed by atoms with van der Waals surface area (Å²) in [5, 5.41) is 10.1. The van der Waals surface area contributed by atoms with Gasteiger partial charge in [0, 0.05) is 0 Å². The molecule has 8 heteroatoms. The first-order valence-corrected chi connectivity index (χ1v) is 3.20. The number of primary amides is 1. The van der Waals surface area contributed by atoms with E-state index < -0.39 is 17.0 Å². The SMILES string of the molecule is NC(=O)OCc1cnc([N+](=O)[O-])[nH]1. The van der Waals surface area contributed by atoms with Crippen LogP contribution in [0, 0.1) is 10.1 Å². The molecule has 0 aromatic carbocycles. The van der Waals surface area contributed by atoms with E-state index in [0.717, 1.165) is 0 Å². The van der Waals surface area contributed by atoms with Crippen molar-refractivity contribution in [2.75, 3.05) is 0 Å². The summed E-state index contributed by atoms with van der Waals surface area (Å²) < 4.78 is 4.37. The van der Waals surface area contributed by atoms with Gasteiger partial charge in [-0.3, -0.25) is 0 Å². The Bertz CT molecular complexity index is 333. The first kappa shape index (κ1) is 8.97. The number of nitrogens with one attached hydrogen (secondary N) is 1. The molecule has 0 unspecified atom stereocenters. The summed E-state index contributed by atoms with van der Waals surface area (Å²) in [5.74, 6) is -0.400. The molecule has 3 N–H and O–H groups in total. The lowest BCUT2D eigenvalue weighted by molar-refractivity contribution is -0.393. The zero-order valence-electron chi connectivity index (χ0n) is 6.39. The maximum atomic E-state index is 10.1. The van der Waals surface area contributed by atoms with E-state index in [0.29, 0.717) is 5.69 Å². The summed E-state index contributed by atoms with van der Waals surface area (Å²) in [4.78, 5) is 25.3. The molecule has 0 aliphatic carbocycles. The van der Waals surface area contributed by atoms with Gasteiger partial charge in [0.15, 0.2) is 6.61 Å². The lowest BCUT2D eigenvalue weighted by Gasteiger charge is -1.94. The fourth-order valence-electron chi connectivity index (χ4n) is 0.662. The van der Waals surface area contributed by atoms with Crippen LogP contribution in [-0.4, -0.2) is 21.0 Å². The van der Waals surface area contributed by atoms with E-state index in [1.165, 1.54) is 6.20 Å². The Morgan fingerprint density at radius 2 is 2.54 bits per heavy atom. The largest absolute Gasteiger partial charge is 0.442 e. The highest BCUT2D eigenvalue weighted by atomic mass is 16.6. The smallest absolute Gasteiger partial charge is 0.432 e. The quantitative estimate of drug-likeness (QED) is 0.504. The number of rotatable bonds is 3. The summed E-state index contributed by atoms with van der Waals surface area (Å²) in [6.45, 7) is -0.157. The number of nitro groups is 1. The maximum Gasteiger partial charge on any atom is 0.432 e. The van der Waals surface area contributed by atoms with Crippen molar-refractivity contribution in [1.29, 1.82) is 0 Å². The minimum absolute atomic E-state index is 0.157. The van der Waals surface area contributed by atoms with Crippen LogP contribution in [0.4, 0.5) is 10.7 Å². The second-order valence-electron chi connectivity index (χ2n) is 2.10. The van der Waals surface area contributed by atoms with Crippen molar-refractivity contribution in [2.45, 2.75) is 6.61 Å². The molecular weight excluding hydrogens is 180 g/mol. The fraction of sp³-hybridized carbons (Fsp3) is 0.200. The average Bonchev–Trinajstić information content (AvgIpc) is 2.48. The van der Waals surface area contributed by atoms with Gasteiger partial charge in [0.05, 0.1) is 0 Å². The Kier molecular flexibility index (Phi) is 2.43. The summed E-state index contributed by atoms with van der Waals surface area (Å²) in [7, 11) is 0. The number of nitrogens with zero attached hydrogens (tertiary/aromatic N) is 2. The van der Waals surface area contributed by atoms with E-state index in [-0.39, 0.29) is 6.61 Å². The Labute approximate surface area is 71.9 Å². The Balaban J connectivity index is 2.59. The van der Waals surface area contributed by atoms with Crippen molar-refractivity contribution in [3.05, 3.63) is 22.0 Å². The molecule has 0 spiro atoms. The van der Waals surface area contributed by atoms with Gasteiger partial charge in [-0.1, -0.05) is 4.98 Å². The van der Waals surface area contributed by atoms with Crippen molar-refractivity contribution in [1.82, 2.24) is 9.97 Å². The number of nitrogens with two attached hydrogens (primary N) is 1. The van der Waals surface area contributed by atoms with Gasteiger partial charge in [0.1, 0.15) is 11.9 Å². The molecule has 13 heavy (non-hydrogen) atoms. The zero-order chi connectivity index (χ0) is 9.84. The van der Waals surface area contributed by atoms with Crippen LogP contribution in [-0.2, 0) is 11.3 Å². The topological polar surface area (TPSA) is 124 Å². The van der Waals surface area contributed by atoms with Crippen molar-refractivity contribution in [3.63, 3.8) is 0 Å². The third kappa shape index (κ3) is 2.43. The Morgan fingerprint density at radius 1 is 1.85 bits per heavy atom. The van der Waals surface area contributed by atoms with Gasteiger partial charge in [-0.05, 0) is 4.92 Å². The van der Waals surface area contributed by atoms with E-state index in [9.17, 15) is 14.9 Å². The molecule has 1 aromatic rings. The first-order valence-electron chi connectivity index (χ1n) is 3.20. The van der Waals surface area contributed by atoms with Crippen molar-refractivity contribution < 1.29 is 14.5 Å². The number of aromatic nitrogens is 2.